The zero-order chi connectivity index (χ0) is 25.7. The molecule has 0 rings (SSSR count). The first-order valence-corrected chi connectivity index (χ1v) is 195. The van der Waals surface area contributed by atoms with Gasteiger partial charge in [-0.25, -0.2) is 0 Å². The summed E-state index contributed by atoms with van der Waals surface area (Å²) in [6.45, 7) is 0. The van der Waals surface area contributed by atoms with E-state index < -0.39 is 122 Å². The molecule has 0 heterocycles. The van der Waals surface area contributed by atoms with Gasteiger partial charge in [-0.3, -0.25) is 0 Å². The second kappa shape index (κ2) is 32.5. The maximum absolute atomic E-state index is 3.29. The summed E-state index contributed by atoms with van der Waals surface area (Å²) in [6, 6.07) is 0. The molecule has 0 aliphatic rings. The monoisotopic (exact) mass is 3950 g/mol. The molecule has 0 atom stereocenters. The van der Waals surface area contributed by atoms with Crippen LogP contribution in [0.15, 0.2) is 0 Å². The van der Waals surface area contributed by atoms with E-state index in [2.05, 4.69) is 303 Å². The molecule has 32 heavy (non-hydrogen) atoms. The van der Waals surface area contributed by atoms with Gasteiger partial charge in [0.05, 0.1) is 0 Å². The average molecular weight is 3950 g/mol. The Morgan fingerprint density at radius 3 is 0.562 bits per heavy atom. The van der Waals surface area contributed by atoms with E-state index in [0.29, 0.717) is 0 Å². The van der Waals surface area contributed by atoms with E-state index in [0.717, 1.165) is 0 Å². The van der Waals surface area contributed by atoms with Crippen molar-refractivity contribution in [2.75, 3.05) is 4.93 Å². The van der Waals surface area contributed by atoms with Crippen LogP contribution in [0.5, 0.6) is 0 Å². The molecule has 0 aliphatic carbocycles. The molecule has 0 spiro atoms. The van der Waals surface area contributed by atoms with Crippen LogP contribution in [0, 0.1) is 0 Å². The van der Waals surface area contributed by atoms with E-state index in [1.54, 1.807) is 0 Å². The summed E-state index contributed by atoms with van der Waals surface area (Å²) < 4.78 is 0. The second-order valence-corrected chi connectivity index (χ2v) is 714. The molecule has 0 aromatic heterocycles. The third-order valence-electron chi connectivity index (χ3n) is 1.21. The summed E-state index contributed by atoms with van der Waals surface area (Å²) >= 11 is 50.4. The van der Waals surface area contributed by atoms with Crippen molar-refractivity contribution in [1.82, 2.24) is 0 Å². The number of hydrogen-bond donors (Lipinski definition) is 0. The number of alkyl halides is 1. The molecule has 0 aromatic rings. The average Bonchev–Trinajstić information content (AvgIpc) is 2.76. The molecule has 31 heteroatoms. The van der Waals surface area contributed by atoms with Crippen molar-refractivity contribution in [1.29, 1.82) is 0 Å². The van der Waals surface area contributed by atoms with Crippen molar-refractivity contribution in [3.8, 4) is 0 Å². The van der Waals surface area contributed by atoms with Crippen LogP contribution in [-0.4, -0.2) is 4.93 Å². The Morgan fingerprint density at radius 2 is 0.406 bits per heavy atom. The maximum atomic E-state index is 3.29. The zero-order valence-electron chi connectivity index (χ0n) is 12.7. The van der Waals surface area contributed by atoms with Crippen LogP contribution >= 0.6 is 420 Å². The Hall–Kier alpha value is 22.6. The van der Waals surface area contributed by atoms with E-state index in [-0.39, 0.29) is 0 Å². The Kier molecular flexibility index (Phi) is 55.4. The Balaban J connectivity index is 5.23. The fourth-order valence-corrected chi connectivity index (χ4v) is 5320. The first kappa shape index (κ1) is 54.6. The SMILES string of the molecule is CI(I)I(I)I(I)I(I)I(I)I(I)I(I)I(I)I(I)I(I)I(I)I(I)I(I)I(I)I(I)I. The molecule has 0 radical (unpaired) electrons. The number of halogens is 31. The molecule has 0 bridgehead atoms. The molecular weight excluding hydrogens is 3950 g/mol. The fourth-order valence-electron chi connectivity index (χ4n) is 0.426. The van der Waals surface area contributed by atoms with E-state index in [4.69, 9.17) is 0 Å². The summed E-state index contributed by atoms with van der Waals surface area (Å²) in [7, 11) is -6.58. The van der Waals surface area contributed by atoms with Gasteiger partial charge < -0.3 is 0 Å². The summed E-state index contributed by atoms with van der Waals surface area (Å²) in [5.41, 5.74) is 0. The zero-order valence-corrected chi connectivity index (χ0v) is 79.6. The molecule has 0 saturated carbocycles. The molecule has 0 aliphatic heterocycles. The summed E-state index contributed by atoms with van der Waals surface area (Å²) in [5.74, 6) is 0. The Labute approximate surface area is 401 Å². The van der Waals surface area contributed by atoms with Crippen LogP contribution in [0.3, 0.4) is 0 Å². The predicted molar refractivity (Wildman–Crippen MR) is 441 cm³/mol. The van der Waals surface area contributed by atoms with Gasteiger partial charge in [0.1, 0.15) is 0 Å². The molecule has 224 valence electrons. The summed E-state index contributed by atoms with van der Waals surface area (Å²) in [4.78, 5) is 2.71. The topological polar surface area (TPSA) is 0 Å². The molecule has 0 fully saturated rings. The van der Waals surface area contributed by atoms with E-state index in [9.17, 15) is 0 Å². The van der Waals surface area contributed by atoms with Gasteiger partial charge in [-0.15, -0.1) is 0 Å². The normalized spacial score (nSPS) is 18.5. The molecule has 0 aromatic carbocycles. The van der Waals surface area contributed by atoms with Gasteiger partial charge in [-0.05, 0) is 0 Å². The van der Waals surface area contributed by atoms with E-state index in [1.807, 2.05) is 0 Å². The minimum atomic E-state index is -0.499. The Bertz CT molecular complexity index is 453. The van der Waals surface area contributed by atoms with Crippen molar-refractivity contribution >= 4 is 420 Å². The first-order chi connectivity index (χ1) is 14.5. The third-order valence-corrected chi connectivity index (χ3v) is 2260. The molecule has 0 N–H and O–H groups in total. The van der Waals surface area contributed by atoms with Crippen molar-refractivity contribution in [3.63, 3.8) is 0 Å². The quantitative estimate of drug-likeness (QED) is 0.120. The fraction of sp³-hybridized carbons (Fsp3) is 1.00. The Morgan fingerprint density at radius 1 is 0.250 bits per heavy atom. The first-order valence-electron chi connectivity index (χ1n) is 4.66. The molecule has 0 amide bonds. The molecule has 0 unspecified atom stereocenters. The van der Waals surface area contributed by atoms with Crippen molar-refractivity contribution in [3.05, 3.63) is 0 Å². The van der Waals surface area contributed by atoms with Crippen LogP contribution in [0.25, 0.3) is 0 Å². The van der Waals surface area contributed by atoms with E-state index in [1.165, 1.54) is 0 Å². The number of hydrogen-bond acceptors (Lipinski definition) is 0. The van der Waals surface area contributed by atoms with Crippen molar-refractivity contribution < 1.29 is 0 Å². The standard InChI is InChI=1S/CH3I31/c1-18(2)20(5)22(7)24(9)26(11)28(13)30(15)32(17)31(16)29(14)27(12)25(10)23(8)21(6)19(3)4/h1H3. The van der Waals surface area contributed by atoms with Crippen LogP contribution in [-0.2, 0) is 0 Å². The van der Waals surface area contributed by atoms with Gasteiger partial charge in [-0.2, -0.15) is 0 Å². The van der Waals surface area contributed by atoms with Gasteiger partial charge >= 0.3 is 425 Å². The number of rotatable bonds is 14. The van der Waals surface area contributed by atoms with Crippen molar-refractivity contribution in [2.24, 2.45) is 0 Å². The van der Waals surface area contributed by atoms with Gasteiger partial charge in [0, 0.05) is 0 Å². The van der Waals surface area contributed by atoms with Crippen LogP contribution < -0.4 is 0 Å². The van der Waals surface area contributed by atoms with Crippen LogP contribution in [0.4, 0.5) is 0 Å². The van der Waals surface area contributed by atoms with Gasteiger partial charge in [0.2, 0.25) is 0 Å². The molecule has 0 saturated heterocycles. The predicted octanol–water partition coefficient (Wildman–Crippen LogP) is 27.6. The van der Waals surface area contributed by atoms with Gasteiger partial charge in [0.25, 0.3) is 0 Å². The summed E-state index contributed by atoms with van der Waals surface area (Å²) in [5, 5.41) is 0. The van der Waals surface area contributed by atoms with E-state index >= 15 is 0 Å². The van der Waals surface area contributed by atoms with Gasteiger partial charge in [0.15, 0.2) is 0 Å². The molecule has 0 nitrogen and oxygen atoms in total. The second-order valence-electron chi connectivity index (χ2n) is 2.61. The van der Waals surface area contributed by atoms with Crippen LogP contribution in [0.2, 0.25) is 0 Å². The molecular formula is CH3I31. The summed E-state index contributed by atoms with van der Waals surface area (Å²) in [6.07, 6.45) is 0. The minimum absolute atomic E-state index is 0.421. The van der Waals surface area contributed by atoms with Crippen LogP contribution in [0.1, 0.15) is 0 Å². The third kappa shape index (κ3) is 22.7. The van der Waals surface area contributed by atoms with Crippen molar-refractivity contribution in [2.45, 2.75) is 0 Å². The van der Waals surface area contributed by atoms with Gasteiger partial charge in [-0.1, -0.05) is 0 Å².